The molecule has 2 saturated heterocycles. The summed E-state index contributed by atoms with van der Waals surface area (Å²) in [5.74, 6) is 0. The third-order valence-corrected chi connectivity index (χ3v) is 3.14. The zero-order chi connectivity index (χ0) is 8.44. The fraction of sp³-hybridized carbons (Fsp3) is 0.889. The van der Waals surface area contributed by atoms with Crippen molar-refractivity contribution in [2.24, 2.45) is 0 Å². The number of nitrogens with zero attached hydrogens (tertiary/aromatic N) is 2. The van der Waals surface area contributed by atoms with Crippen molar-refractivity contribution in [2.75, 3.05) is 19.8 Å². The summed E-state index contributed by atoms with van der Waals surface area (Å²) in [6.45, 7) is 2.62. The lowest BCUT2D eigenvalue weighted by molar-refractivity contribution is 0.0120. The van der Waals surface area contributed by atoms with Crippen molar-refractivity contribution < 1.29 is 4.74 Å². The highest BCUT2D eigenvalue weighted by atomic mass is 16.5. The van der Waals surface area contributed by atoms with Gasteiger partial charge in [-0.05, 0) is 25.7 Å². The van der Waals surface area contributed by atoms with Gasteiger partial charge in [0.15, 0.2) is 6.19 Å². The highest BCUT2D eigenvalue weighted by Gasteiger charge is 2.41. The average molecular weight is 166 g/mol. The van der Waals surface area contributed by atoms with Crippen molar-refractivity contribution >= 4 is 0 Å². The molecule has 0 bridgehead atoms. The van der Waals surface area contributed by atoms with Gasteiger partial charge in [-0.25, -0.2) is 0 Å². The fourth-order valence-corrected chi connectivity index (χ4v) is 2.37. The first-order valence-corrected chi connectivity index (χ1v) is 4.63. The number of likely N-dealkylation sites (tertiary alicyclic amines) is 1. The van der Waals surface area contributed by atoms with Crippen LogP contribution < -0.4 is 0 Å². The van der Waals surface area contributed by atoms with Crippen LogP contribution in [0.25, 0.3) is 0 Å². The summed E-state index contributed by atoms with van der Waals surface area (Å²) < 4.78 is 5.31. The predicted molar refractivity (Wildman–Crippen MR) is 44.3 cm³/mol. The van der Waals surface area contributed by atoms with Gasteiger partial charge in [-0.1, -0.05) is 0 Å². The van der Waals surface area contributed by atoms with E-state index in [1.54, 1.807) is 0 Å². The normalized spacial score (nSPS) is 27.4. The summed E-state index contributed by atoms with van der Waals surface area (Å²) in [7, 11) is 0. The van der Waals surface area contributed by atoms with E-state index in [1.807, 2.05) is 4.90 Å². The summed E-state index contributed by atoms with van der Waals surface area (Å²) in [5, 5.41) is 8.92. The van der Waals surface area contributed by atoms with E-state index < -0.39 is 0 Å². The molecule has 0 atom stereocenters. The van der Waals surface area contributed by atoms with Crippen molar-refractivity contribution in [3.05, 3.63) is 0 Å². The summed E-state index contributed by atoms with van der Waals surface area (Å²) in [6, 6.07) is 0. The Morgan fingerprint density at radius 1 is 1.25 bits per heavy atom. The number of hydrogen-bond acceptors (Lipinski definition) is 3. The van der Waals surface area contributed by atoms with E-state index >= 15 is 0 Å². The lowest BCUT2D eigenvalue weighted by atomic mass is 9.88. The first-order chi connectivity index (χ1) is 5.87. The molecule has 0 saturated carbocycles. The first kappa shape index (κ1) is 7.88. The Hall–Kier alpha value is -0.750. The topological polar surface area (TPSA) is 36.3 Å². The Kier molecular flexibility index (Phi) is 1.93. The molecule has 3 heteroatoms. The van der Waals surface area contributed by atoms with Gasteiger partial charge in [0.25, 0.3) is 0 Å². The van der Waals surface area contributed by atoms with Crippen LogP contribution in [-0.4, -0.2) is 30.2 Å². The molecule has 0 unspecified atom stereocenters. The van der Waals surface area contributed by atoms with Crippen LogP contribution >= 0.6 is 0 Å². The monoisotopic (exact) mass is 166 g/mol. The van der Waals surface area contributed by atoms with Gasteiger partial charge in [0.1, 0.15) is 0 Å². The molecule has 1 spiro atoms. The Balaban J connectivity index is 2.12. The number of nitriles is 1. The SMILES string of the molecule is N#CN1CCCC12CCOCC2. The molecular weight excluding hydrogens is 152 g/mol. The van der Waals surface area contributed by atoms with E-state index in [-0.39, 0.29) is 5.54 Å². The first-order valence-electron chi connectivity index (χ1n) is 4.63. The predicted octanol–water partition coefficient (Wildman–Crippen LogP) is 1.11. The van der Waals surface area contributed by atoms with Gasteiger partial charge in [-0.3, -0.25) is 0 Å². The molecule has 3 nitrogen and oxygen atoms in total. The van der Waals surface area contributed by atoms with Crippen LogP contribution in [0.5, 0.6) is 0 Å². The van der Waals surface area contributed by atoms with Crippen LogP contribution in [0.3, 0.4) is 0 Å². The van der Waals surface area contributed by atoms with E-state index in [0.717, 1.165) is 32.6 Å². The largest absolute Gasteiger partial charge is 0.381 e. The smallest absolute Gasteiger partial charge is 0.179 e. The maximum atomic E-state index is 8.92. The van der Waals surface area contributed by atoms with E-state index in [4.69, 9.17) is 10.00 Å². The second kappa shape index (κ2) is 2.95. The molecule has 0 aromatic heterocycles. The van der Waals surface area contributed by atoms with Gasteiger partial charge in [0.05, 0.1) is 5.54 Å². The summed E-state index contributed by atoms with van der Waals surface area (Å²) >= 11 is 0. The summed E-state index contributed by atoms with van der Waals surface area (Å²) in [5.41, 5.74) is 0.188. The highest BCUT2D eigenvalue weighted by molar-refractivity contribution is 5.02. The molecule has 2 aliphatic rings. The molecule has 0 aromatic carbocycles. The molecule has 0 amide bonds. The molecule has 0 N–H and O–H groups in total. The lowest BCUT2D eigenvalue weighted by Gasteiger charge is -2.38. The maximum absolute atomic E-state index is 8.92. The Morgan fingerprint density at radius 3 is 2.67 bits per heavy atom. The zero-order valence-electron chi connectivity index (χ0n) is 7.25. The van der Waals surface area contributed by atoms with Crippen molar-refractivity contribution in [1.29, 1.82) is 5.26 Å². The van der Waals surface area contributed by atoms with Gasteiger partial charge in [0.2, 0.25) is 0 Å². The molecule has 66 valence electrons. The van der Waals surface area contributed by atoms with Crippen LogP contribution in [0.2, 0.25) is 0 Å². The molecule has 2 aliphatic heterocycles. The zero-order valence-corrected chi connectivity index (χ0v) is 7.25. The molecule has 2 fully saturated rings. The Morgan fingerprint density at radius 2 is 2.00 bits per heavy atom. The second-order valence-corrected chi connectivity index (χ2v) is 3.69. The maximum Gasteiger partial charge on any atom is 0.179 e. The molecule has 0 radical (unpaired) electrons. The third kappa shape index (κ3) is 1.07. The van der Waals surface area contributed by atoms with Crippen molar-refractivity contribution in [1.82, 2.24) is 4.90 Å². The van der Waals surface area contributed by atoms with Gasteiger partial charge in [0, 0.05) is 19.8 Å². The van der Waals surface area contributed by atoms with Crippen molar-refractivity contribution in [2.45, 2.75) is 31.2 Å². The number of ether oxygens (including phenoxy) is 1. The summed E-state index contributed by atoms with van der Waals surface area (Å²) in [6.07, 6.45) is 6.75. The van der Waals surface area contributed by atoms with Crippen molar-refractivity contribution in [3.63, 3.8) is 0 Å². The minimum Gasteiger partial charge on any atom is -0.381 e. The molecular formula is C9H14N2O. The van der Waals surface area contributed by atoms with E-state index in [2.05, 4.69) is 6.19 Å². The molecule has 2 heterocycles. The highest BCUT2D eigenvalue weighted by Crippen LogP contribution is 2.36. The summed E-state index contributed by atoms with van der Waals surface area (Å²) in [4.78, 5) is 1.97. The van der Waals surface area contributed by atoms with E-state index in [0.29, 0.717) is 0 Å². The Labute approximate surface area is 72.9 Å². The molecule has 2 rings (SSSR count). The van der Waals surface area contributed by atoms with Crippen molar-refractivity contribution in [3.8, 4) is 6.19 Å². The Bertz CT molecular complexity index is 203. The number of rotatable bonds is 0. The molecule has 12 heavy (non-hydrogen) atoms. The minimum absolute atomic E-state index is 0.188. The van der Waals surface area contributed by atoms with Gasteiger partial charge < -0.3 is 9.64 Å². The van der Waals surface area contributed by atoms with Crippen LogP contribution in [0.1, 0.15) is 25.7 Å². The standard InChI is InChI=1S/C9H14N2O/c10-8-11-5-1-2-9(11)3-6-12-7-4-9/h1-7H2. The second-order valence-electron chi connectivity index (χ2n) is 3.69. The van der Waals surface area contributed by atoms with E-state index in [1.165, 1.54) is 12.8 Å². The van der Waals surface area contributed by atoms with Gasteiger partial charge in [-0.2, -0.15) is 5.26 Å². The average Bonchev–Trinajstić information content (AvgIpc) is 2.49. The van der Waals surface area contributed by atoms with Gasteiger partial charge in [-0.15, -0.1) is 0 Å². The van der Waals surface area contributed by atoms with Crippen LogP contribution in [0.4, 0.5) is 0 Å². The van der Waals surface area contributed by atoms with E-state index in [9.17, 15) is 0 Å². The van der Waals surface area contributed by atoms with Gasteiger partial charge >= 0.3 is 0 Å². The van der Waals surface area contributed by atoms with Crippen LogP contribution in [0, 0.1) is 11.5 Å². The van der Waals surface area contributed by atoms with Crippen LogP contribution in [-0.2, 0) is 4.74 Å². The third-order valence-electron chi connectivity index (χ3n) is 3.14. The minimum atomic E-state index is 0.188. The fourth-order valence-electron chi connectivity index (χ4n) is 2.37. The lowest BCUT2D eigenvalue weighted by Crippen LogP contribution is -2.45. The van der Waals surface area contributed by atoms with Crippen LogP contribution in [0.15, 0.2) is 0 Å². The molecule has 0 aromatic rings. The quantitative estimate of drug-likeness (QED) is 0.506. The molecule has 0 aliphatic carbocycles. The number of hydrogen-bond donors (Lipinski definition) is 0.